The number of ether oxygens (including phenoxy) is 1. The molecule has 0 aliphatic carbocycles. The number of aromatic amines is 1. The summed E-state index contributed by atoms with van der Waals surface area (Å²) in [6, 6.07) is 7.08. The first-order valence-corrected chi connectivity index (χ1v) is 10.2. The van der Waals surface area contributed by atoms with E-state index in [1.54, 1.807) is 18.9 Å². The van der Waals surface area contributed by atoms with E-state index in [1.807, 2.05) is 25.1 Å². The summed E-state index contributed by atoms with van der Waals surface area (Å²) in [5.74, 6) is 1.22. The quantitative estimate of drug-likeness (QED) is 0.528. The van der Waals surface area contributed by atoms with Crippen molar-refractivity contribution in [1.29, 1.82) is 0 Å². The molecule has 0 saturated carbocycles. The maximum Gasteiger partial charge on any atom is 0.251 e. The molecule has 0 fully saturated rings. The minimum atomic E-state index is -0.206. The molecule has 2 rings (SSSR count). The Labute approximate surface area is 161 Å². The van der Waals surface area contributed by atoms with Crippen molar-refractivity contribution < 1.29 is 9.53 Å². The van der Waals surface area contributed by atoms with Crippen LogP contribution in [-0.2, 0) is 10.5 Å². The molecule has 0 aliphatic heterocycles. The van der Waals surface area contributed by atoms with Crippen LogP contribution in [0.15, 0.2) is 34.2 Å². The predicted molar refractivity (Wildman–Crippen MR) is 108 cm³/mol. The number of carbonyl (C=O) groups is 1. The Morgan fingerprint density at radius 3 is 2.81 bits per heavy atom. The molecule has 0 aliphatic rings. The van der Waals surface area contributed by atoms with Gasteiger partial charge in [0, 0.05) is 11.8 Å². The van der Waals surface area contributed by atoms with Crippen LogP contribution in [0.2, 0.25) is 0 Å². The molecule has 2 aromatic rings. The van der Waals surface area contributed by atoms with E-state index >= 15 is 0 Å². The highest BCUT2D eigenvalue weighted by molar-refractivity contribution is 7.99. The highest BCUT2D eigenvalue weighted by Gasteiger charge is 2.10. The number of amides is 1. The molecule has 2 N–H and O–H groups in total. The van der Waals surface area contributed by atoms with Crippen molar-refractivity contribution in [3.63, 3.8) is 0 Å². The number of rotatable bonds is 8. The molecular weight excluding hydrogens is 370 g/mol. The first kappa shape index (κ1) is 20.4. The number of methoxy groups -OCH3 is 1. The summed E-state index contributed by atoms with van der Waals surface area (Å²) in [7, 11) is 1.56. The molecule has 1 aromatic carbocycles. The maximum atomic E-state index is 12.2. The van der Waals surface area contributed by atoms with Gasteiger partial charge in [0.2, 0.25) is 5.91 Å². The molecule has 0 saturated heterocycles. The van der Waals surface area contributed by atoms with Gasteiger partial charge in [-0.05, 0) is 29.9 Å². The van der Waals surface area contributed by atoms with Gasteiger partial charge in [0.15, 0.2) is 5.16 Å². The summed E-state index contributed by atoms with van der Waals surface area (Å²) < 4.78 is 5.26. The fourth-order valence-corrected chi connectivity index (χ4v) is 3.46. The van der Waals surface area contributed by atoms with Gasteiger partial charge in [0.1, 0.15) is 5.75 Å². The van der Waals surface area contributed by atoms with Crippen LogP contribution in [0.25, 0.3) is 0 Å². The summed E-state index contributed by atoms with van der Waals surface area (Å²) in [5, 5.41) is 3.74. The van der Waals surface area contributed by atoms with Gasteiger partial charge in [0.25, 0.3) is 5.56 Å². The molecule has 0 atom stereocenters. The first-order valence-electron chi connectivity index (χ1n) is 8.16. The lowest BCUT2D eigenvalue weighted by Crippen LogP contribution is -2.16. The van der Waals surface area contributed by atoms with Crippen LogP contribution in [0.4, 0.5) is 5.69 Å². The monoisotopic (exact) mass is 393 g/mol. The van der Waals surface area contributed by atoms with Gasteiger partial charge in [-0.2, -0.15) is 11.8 Å². The van der Waals surface area contributed by atoms with Crippen LogP contribution in [0.5, 0.6) is 5.75 Å². The summed E-state index contributed by atoms with van der Waals surface area (Å²) in [4.78, 5) is 31.1. The number of hydrogen-bond donors (Lipinski definition) is 2. The van der Waals surface area contributed by atoms with Gasteiger partial charge in [-0.15, -0.1) is 0 Å². The second kappa shape index (κ2) is 9.68. The number of benzene rings is 1. The van der Waals surface area contributed by atoms with Crippen molar-refractivity contribution in [3.8, 4) is 5.75 Å². The van der Waals surface area contributed by atoms with Gasteiger partial charge in [-0.3, -0.25) is 9.59 Å². The molecule has 0 unspecified atom stereocenters. The molecule has 1 aromatic heterocycles. The number of anilines is 1. The van der Waals surface area contributed by atoms with Gasteiger partial charge in [-0.25, -0.2) is 4.98 Å². The predicted octanol–water partition coefficient (Wildman–Crippen LogP) is 3.46. The van der Waals surface area contributed by atoms with Gasteiger partial charge >= 0.3 is 0 Å². The Kier molecular flexibility index (Phi) is 7.59. The van der Waals surface area contributed by atoms with Crippen molar-refractivity contribution in [2.75, 3.05) is 18.2 Å². The molecule has 140 valence electrons. The third-order valence-corrected chi connectivity index (χ3v) is 5.31. The van der Waals surface area contributed by atoms with Gasteiger partial charge in [0.05, 0.1) is 24.2 Å². The van der Waals surface area contributed by atoms with Gasteiger partial charge in [-0.1, -0.05) is 31.7 Å². The Morgan fingerprint density at radius 2 is 2.12 bits per heavy atom. The highest BCUT2D eigenvalue weighted by atomic mass is 32.2. The zero-order valence-electron chi connectivity index (χ0n) is 15.3. The number of aromatic nitrogens is 2. The number of hydrogen-bond acceptors (Lipinski definition) is 6. The van der Waals surface area contributed by atoms with Crippen LogP contribution >= 0.6 is 23.5 Å². The van der Waals surface area contributed by atoms with E-state index in [4.69, 9.17) is 4.74 Å². The van der Waals surface area contributed by atoms with Crippen LogP contribution in [-0.4, -0.2) is 34.0 Å². The van der Waals surface area contributed by atoms with E-state index in [1.165, 1.54) is 17.8 Å². The molecule has 0 bridgehead atoms. The minimum Gasteiger partial charge on any atom is -0.495 e. The number of nitrogens with one attached hydrogen (secondary N) is 2. The summed E-state index contributed by atoms with van der Waals surface area (Å²) in [6.07, 6.45) is 0. The lowest BCUT2D eigenvalue weighted by Gasteiger charge is -2.11. The number of thioether (sulfide) groups is 2. The molecule has 1 heterocycles. The maximum absolute atomic E-state index is 12.2. The fourth-order valence-electron chi connectivity index (χ4n) is 2.12. The average molecular weight is 394 g/mol. The van der Waals surface area contributed by atoms with Crippen LogP contribution in [0, 0.1) is 6.92 Å². The second-order valence-corrected chi connectivity index (χ2v) is 8.47. The smallest absolute Gasteiger partial charge is 0.251 e. The number of aryl methyl sites for hydroxylation is 1. The fraction of sp³-hybridized carbons (Fsp3) is 0.389. The van der Waals surface area contributed by atoms with Crippen molar-refractivity contribution in [2.45, 2.75) is 36.9 Å². The Morgan fingerprint density at radius 1 is 1.35 bits per heavy atom. The molecule has 1 amide bonds. The summed E-state index contributed by atoms with van der Waals surface area (Å²) >= 11 is 2.91. The molecule has 0 radical (unpaired) electrons. The zero-order chi connectivity index (χ0) is 19.1. The number of carbonyl (C=O) groups excluding carboxylic acids is 1. The molecule has 26 heavy (non-hydrogen) atoms. The molecule has 8 heteroatoms. The Balaban J connectivity index is 1.99. The number of nitrogens with zero attached hydrogens (tertiary/aromatic N) is 1. The summed E-state index contributed by atoms with van der Waals surface area (Å²) in [6.45, 7) is 6.13. The van der Waals surface area contributed by atoms with E-state index in [-0.39, 0.29) is 17.2 Å². The minimum absolute atomic E-state index is 0.140. The molecule has 0 spiro atoms. The van der Waals surface area contributed by atoms with Crippen LogP contribution in [0.1, 0.15) is 25.1 Å². The lowest BCUT2D eigenvalue weighted by molar-refractivity contribution is -0.113. The second-order valence-electron chi connectivity index (χ2n) is 5.94. The van der Waals surface area contributed by atoms with E-state index in [0.717, 1.165) is 11.3 Å². The molecule has 6 nitrogen and oxygen atoms in total. The van der Waals surface area contributed by atoms with Crippen LogP contribution < -0.4 is 15.6 Å². The van der Waals surface area contributed by atoms with Crippen molar-refractivity contribution >= 4 is 35.1 Å². The van der Waals surface area contributed by atoms with Crippen molar-refractivity contribution in [1.82, 2.24) is 9.97 Å². The Hall–Kier alpha value is -1.93. The highest BCUT2D eigenvalue weighted by Crippen LogP contribution is 2.25. The normalized spacial score (nSPS) is 10.8. The Bertz CT molecular complexity index is 822. The van der Waals surface area contributed by atoms with Crippen LogP contribution in [0.3, 0.4) is 0 Å². The third-order valence-electron chi connectivity index (χ3n) is 3.31. The van der Waals surface area contributed by atoms with Gasteiger partial charge < -0.3 is 15.0 Å². The topological polar surface area (TPSA) is 84.1 Å². The van der Waals surface area contributed by atoms with E-state index in [2.05, 4.69) is 29.1 Å². The molecular formula is C18H23N3O3S2. The number of H-pyrrole nitrogens is 1. The largest absolute Gasteiger partial charge is 0.495 e. The summed E-state index contributed by atoms with van der Waals surface area (Å²) in [5.41, 5.74) is 2.16. The standard InChI is InChI=1S/C18H23N3O3S2/c1-11(2)25-9-13-8-16(22)21-18(19-13)26-10-17(23)20-14-7-12(3)5-6-15(14)24-4/h5-8,11H,9-10H2,1-4H3,(H,20,23)(H,19,21,22). The van der Waals surface area contributed by atoms with E-state index in [0.29, 0.717) is 27.6 Å². The zero-order valence-corrected chi connectivity index (χ0v) is 16.9. The SMILES string of the molecule is COc1ccc(C)cc1NC(=O)CSc1nc(CSC(C)C)cc(=O)[nH]1. The third kappa shape index (κ3) is 6.42. The lowest BCUT2D eigenvalue weighted by atomic mass is 10.2. The van der Waals surface area contributed by atoms with E-state index < -0.39 is 0 Å². The first-order chi connectivity index (χ1) is 12.4. The van der Waals surface area contributed by atoms with E-state index in [9.17, 15) is 9.59 Å². The van der Waals surface area contributed by atoms with Crippen molar-refractivity contribution in [2.24, 2.45) is 0 Å². The van der Waals surface area contributed by atoms with Crippen molar-refractivity contribution in [3.05, 3.63) is 45.9 Å². The average Bonchev–Trinajstić information content (AvgIpc) is 2.58.